The Labute approximate surface area is 91.0 Å². The number of amides is 1. The fourth-order valence-electron chi connectivity index (χ4n) is 2.17. The molecule has 0 aromatic rings. The fourth-order valence-corrected chi connectivity index (χ4v) is 2.17. The molecule has 2 rings (SSSR count). The van der Waals surface area contributed by atoms with Crippen molar-refractivity contribution in [3.05, 3.63) is 0 Å². The van der Waals surface area contributed by atoms with Crippen LogP contribution in [0.1, 0.15) is 26.7 Å². The van der Waals surface area contributed by atoms with Crippen LogP contribution >= 0.6 is 0 Å². The molecule has 2 fully saturated rings. The van der Waals surface area contributed by atoms with E-state index in [1.54, 1.807) is 0 Å². The standard InChI is InChI=1S/C11H20N2O2/c1-3-9-7-13(6-8(2)15-9)11(14)10-4-5-12-10/h8-10,12H,3-7H2,1-2H3/t8?,9?,10-/m1/s1. The SMILES string of the molecule is CCC1CN(C(=O)[C@H]2CCN2)CC(C)O1. The monoisotopic (exact) mass is 212 g/mol. The summed E-state index contributed by atoms with van der Waals surface area (Å²) in [6.07, 6.45) is 2.36. The Morgan fingerprint density at radius 1 is 1.53 bits per heavy atom. The smallest absolute Gasteiger partial charge is 0.239 e. The van der Waals surface area contributed by atoms with Crippen molar-refractivity contribution in [3.63, 3.8) is 0 Å². The highest BCUT2D eigenvalue weighted by molar-refractivity contribution is 5.82. The van der Waals surface area contributed by atoms with Gasteiger partial charge in [0.2, 0.25) is 5.91 Å². The van der Waals surface area contributed by atoms with Crippen LogP contribution < -0.4 is 5.32 Å². The number of hydrogen-bond donors (Lipinski definition) is 1. The predicted octanol–water partition coefficient (Wildman–Crippen LogP) is 0.374. The molecule has 0 spiro atoms. The van der Waals surface area contributed by atoms with Crippen molar-refractivity contribution >= 4 is 5.91 Å². The van der Waals surface area contributed by atoms with Gasteiger partial charge in [-0.15, -0.1) is 0 Å². The van der Waals surface area contributed by atoms with Crippen LogP contribution in [0.25, 0.3) is 0 Å². The molecule has 0 bridgehead atoms. The Kier molecular flexibility index (Phi) is 3.26. The zero-order valence-corrected chi connectivity index (χ0v) is 9.53. The van der Waals surface area contributed by atoms with E-state index in [4.69, 9.17) is 4.74 Å². The largest absolute Gasteiger partial charge is 0.372 e. The maximum Gasteiger partial charge on any atom is 0.239 e. The van der Waals surface area contributed by atoms with Crippen molar-refractivity contribution in [1.82, 2.24) is 10.2 Å². The molecule has 1 N–H and O–H groups in total. The third-order valence-electron chi connectivity index (χ3n) is 3.22. The molecule has 2 unspecified atom stereocenters. The first-order valence-electron chi connectivity index (χ1n) is 5.88. The lowest BCUT2D eigenvalue weighted by Crippen LogP contribution is -2.58. The summed E-state index contributed by atoms with van der Waals surface area (Å²) < 4.78 is 5.73. The lowest BCUT2D eigenvalue weighted by Gasteiger charge is -2.40. The first kappa shape index (κ1) is 10.9. The van der Waals surface area contributed by atoms with Crippen LogP contribution in [0.3, 0.4) is 0 Å². The highest BCUT2D eigenvalue weighted by Crippen LogP contribution is 2.16. The van der Waals surface area contributed by atoms with E-state index in [2.05, 4.69) is 12.2 Å². The van der Waals surface area contributed by atoms with Crippen molar-refractivity contribution in [2.75, 3.05) is 19.6 Å². The van der Waals surface area contributed by atoms with Crippen LogP contribution in [0.5, 0.6) is 0 Å². The Morgan fingerprint density at radius 3 is 2.80 bits per heavy atom. The quantitative estimate of drug-likeness (QED) is 0.719. The van der Waals surface area contributed by atoms with Crippen LogP contribution in [0.15, 0.2) is 0 Å². The summed E-state index contributed by atoms with van der Waals surface area (Å²) in [5.74, 6) is 0.259. The summed E-state index contributed by atoms with van der Waals surface area (Å²) in [5.41, 5.74) is 0. The van der Waals surface area contributed by atoms with Gasteiger partial charge in [0.15, 0.2) is 0 Å². The molecule has 0 radical (unpaired) electrons. The topological polar surface area (TPSA) is 41.6 Å². The molecular formula is C11H20N2O2. The first-order chi connectivity index (χ1) is 7.20. The highest BCUT2D eigenvalue weighted by atomic mass is 16.5. The van der Waals surface area contributed by atoms with Crippen LogP contribution in [-0.4, -0.2) is 48.7 Å². The molecule has 15 heavy (non-hydrogen) atoms. The third kappa shape index (κ3) is 2.32. The number of carbonyl (C=O) groups is 1. The lowest BCUT2D eigenvalue weighted by atomic mass is 10.0. The zero-order chi connectivity index (χ0) is 10.8. The Bertz CT molecular complexity index is 241. The number of hydrogen-bond acceptors (Lipinski definition) is 3. The number of carbonyl (C=O) groups excluding carboxylic acids is 1. The minimum absolute atomic E-state index is 0.0767. The second kappa shape index (κ2) is 4.49. The van der Waals surface area contributed by atoms with E-state index < -0.39 is 0 Å². The number of nitrogens with one attached hydrogen (secondary N) is 1. The first-order valence-corrected chi connectivity index (χ1v) is 5.88. The molecule has 4 heteroatoms. The normalized spacial score (nSPS) is 36.1. The van der Waals surface area contributed by atoms with Crippen LogP contribution in [-0.2, 0) is 9.53 Å². The van der Waals surface area contributed by atoms with Crippen molar-refractivity contribution in [3.8, 4) is 0 Å². The summed E-state index contributed by atoms with van der Waals surface area (Å²) in [6, 6.07) is 0.0767. The van der Waals surface area contributed by atoms with Gasteiger partial charge in [-0.2, -0.15) is 0 Å². The van der Waals surface area contributed by atoms with E-state index in [1.165, 1.54) is 0 Å². The van der Waals surface area contributed by atoms with Gasteiger partial charge in [-0.25, -0.2) is 0 Å². The molecule has 0 aromatic carbocycles. The minimum Gasteiger partial charge on any atom is -0.372 e. The van der Waals surface area contributed by atoms with Gasteiger partial charge in [0.1, 0.15) is 0 Å². The third-order valence-corrected chi connectivity index (χ3v) is 3.22. The predicted molar refractivity (Wildman–Crippen MR) is 57.6 cm³/mol. The molecule has 4 nitrogen and oxygen atoms in total. The van der Waals surface area contributed by atoms with Crippen molar-refractivity contribution in [2.45, 2.75) is 44.9 Å². The Hall–Kier alpha value is -0.610. The summed E-state index contributed by atoms with van der Waals surface area (Å²) in [4.78, 5) is 14.0. The Balaban J connectivity index is 1.92. The van der Waals surface area contributed by atoms with Gasteiger partial charge in [-0.3, -0.25) is 4.79 Å². The molecule has 86 valence electrons. The zero-order valence-electron chi connectivity index (χ0n) is 9.53. The van der Waals surface area contributed by atoms with Gasteiger partial charge in [-0.05, 0) is 26.3 Å². The summed E-state index contributed by atoms with van der Waals surface area (Å²) in [5, 5.41) is 3.16. The van der Waals surface area contributed by atoms with Gasteiger partial charge in [0.25, 0.3) is 0 Å². The number of rotatable bonds is 2. The lowest BCUT2D eigenvalue weighted by molar-refractivity contribution is -0.148. The minimum atomic E-state index is 0.0767. The second-order valence-corrected chi connectivity index (χ2v) is 4.52. The van der Waals surface area contributed by atoms with E-state index in [-0.39, 0.29) is 24.2 Å². The fraction of sp³-hybridized carbons (Fsp3) is 0.909. The van der Waals surface area contributed by atoms with E-state index in [9.17, 15) is 4.79 Å². The molecular weight excluding hydrogens is 192 g/mol. The molecule has 2 heterocycles. The van der Waals surface area contributed by atoms with Crippen molar-refractivity contribution < 1.29 is 9.53 Å². The summed E-state index contributed by atoms with van der Waals surface area (Å²) in [6.45, 7) is 6.63. The maximum absolute atomic E-state index is 12.0. The van der Waals surface area contributed by atoms with Gasteiger partial charge < -0.3 is 15.0 Å². The van der Waals surface area contributed by atoms with E-state index >= 15 is 0 Å². The average molecular weight is 212 g/mol. The average Bonchev–Trinajstić information content (AvgIpc) is 2.14. The molecule has 2 saturated heterocycles. The van der Waals surface area contributed by atoms with E-state index in [1.807, 2.05) is 11.8 Å². The van der Waals surface area contributed by atoms with Gasteiger partial charge in [-0.1, -0.05) is 6.92 Å². The molecule has 0 aliphatic carbocycles. The molecule has 0 aromatic heterocycles. The summed E-state index contributed by atoms with van der Waals surface area (Å²) >= 11 is 0. The molecule has 3 atom stereocenters. The summed E-state index contributed by atoms with van der Waals surface area (Å²) in [7, 11) is 0. The second-order valence-electron chi connectivity index (χ2n) is 4.52. The molecule has 0 saturated carbocycles. The number of nitrogens with zero attached hydrogens (tertiary/aromatic N) is 1. The van der Waals surface area contributed by atoms with Crippen LogP contribution in [0.4, 0.5) is 0 Å². The van der Waals surface area contributed by atoms with Crippen molar-refractivity contribution in [1.29, 1.82) is 0 Å². The van der Waals surface area contributed by atoms with Gasteiger partial charge >= 0.3 is 0 Å². The van der Waals surface area contributed by atoms with E-state index in [0.29, 0.717) is 0 Å². The van der Waals surface area contributed by atoms with Gasteiger partial charge in [0.05, 0.1) is 18.2 Å². The molecule has 2 aliphatic heterocycles. The Morgan fingerprint density at radius 2 is 2.27 bits per heavy atom. The number of morpholine rings is 1. The maximum atomic E-state index is 12.0. The molecule has 1 amide bonds. The van der Waals surface area contributed by atoms with Crippen molar-refractivity contribution in [2.24, 2.45) is 0 Å². The van der Waals surface area contributed by atoms with Gasteiger partial charge in [0, 0.05) is 13.1 Å². The van der Waals surface area contributed by atoms with Crippen LogP contribution in [0, 0.1) is 0 Å². The van der Waals surface area contributed by atoms with Crippen LogP contribution in [0.2, 0.25) is 0 Å². The molecule has 2 aliphatic rings. The number of ether oxygens (including phenoxy) is 1. The van der Waals surface area contributed by atoms with E-state index in [0.717, 1.165) is 32.5 Å². The highest BCUT2D eigenvalue weighted by Gasteiger charge is 2.33.